The molecular formula is C25H29NO5. The fourth-order valence-electron chi connectivity index (χ4n) is 3.85. The van der Waals surface area contributed by atoms with Gasteiger partial charge in [0.15, 0.2) is 11.5 Å². The van der Waals surface area contributed by atoms with Crippen LogP contribution in [-0.4, -0.2) is 42.5 Å². The Hall–Kier alpha value is -3.28. The molecule has 1 aliphatic heterocycles. The number of rotatable bonds is 9. The van der Waals surface area contributed by atoms with Crippen LogP contribution in [0.4, 0.5) is 0 Å². The van der Waals surface area contributed by atoms with E-state index < -0.39 is 17.7 Å². The summed E-state index contributed by atoms with van der Waals surface area (Å²) in [7, 11) is 3.18. The molecule has 0 saturated heterocycles. The number of ketones is 1. The summed E-state index contributed by atoms with van der Waals surface area (Å²) in [5, 5.41) is 10.7. The third kappa shape index (κ3) is 4.90. The summed E-state index contributed by atoms with van der Waals surface area (Å²) in [6.45, 7) is 4.23. The Morgan fingerprint density at radius 3 is 2.35 bits per heavy atom. The minimum Gasteiger partial charge on any atom is -0.503 e. The minimum absolute atomic E-state index is 0.113. The number of carbonyl (C=O) groups excluding carboxylic acids is 2. The molecule has 1 N–H and O–H groups in total. The highest BCUT2D eigenvalue weighted by molar-refractivity contribution is 6.09. The van der Waals surface area contributed by atoms with Crippen LogP contribution < -0.4 is 9.47 Å². The van der Waals surface area contributed by atoms with E-state index in [0.29, 0.717) is 18.7 Å². The Balaban J connectivity index is 1.93. The molecule has 1 unspecified atom stereocenters. The van der Waals surface area contributed by atoms with E-state index in [1.165, 1.54) is 0 Å². The number of hydrogen-bond donors (Lipinski definition) is 1. The number of ether oxygens (including phenoxy) is 2. The van der Waals surface area contributed by atoms with Gasteiger partial charge in [-0.1, -0.05) is 38.1 Å². The zero-order valence-corrected chi connectivity index (χ0v) is 18.4. The molecule has 6 heteroatoms. The van der Waals surface area contributed by atoms with Crippen LogP contribution in [0.5, 0.6) is 11.5 Å². The number of hydrogen-bond acceptors (Lipinski definition) is 5. The highest BCUT2D eigenvalue weighted by Gasteiger charge is 2.43. The lowest BCUT2D eigenvalue weighted by atomic mass is 9.92. The zero-order valence-electron chi connectivity index (χ0n) is 18.4. The van der Waals surface area contributed by atoms with Crippen LogP contribution in [0.15, 0.2) is 59.9 Å². The molecular weight excluding hydrogens is 394 g/mol. The molecule has 0 spiro atoms. The van der Waals surface area contributed by atoms with Gasteiger partial charge >= 0.3 is 0 Å². The lowest BCUT2D eigenvalue weighted by Crippen LogP contribution is -2.33. The molecule has 164 valence electrons. The van der Waals surface area contributed by atoms with Crippen LogP contribution in [0.2, 0.25) is 0 Å². The maximum absolute atomic E-state index is 13.0. The topological polar surface area (TPSA) is 76.1 Å². The number of aliphatic hydroxyl groups excluding tert-OH is 1. The third-order valence-corrected chi connectivity index (χ3v) is 5.41. The number of nitrogens with zero attached hydrogens (tertiary/aromatic N) is 1. The van der Waals surface area contributed by atoms with Crippen molar-refractivity contribution in [1.29, 1.82) is 0 Å². The smallest absolute Gasteiger partial charge is 0.290 e. The van der Waals surface area contributed by atoms with Crippen molar-refractivity contribution in [1.82, 2.24) is 4.90 Å². The minimum atomic E-state index is -0.646. The molecule has 1 amide bonds. The summed E-state index contributed by atoms with van der Waals surface area (Å²) < 4.78 is 10.5. The van der Waals surface area contributed by atoms with Gasteiger partial charge in [-0.2, -0.15) is 0 Å². The van der Waals surface area contributed by atoms with Gasteiger partial charge in [-0.25, -0.2) is 0 Å². The first kappa shape index (κ1) is 22.4. The van der Waals surface area contributed by atoms with E-state index in [1.807, 2.05) is 50.2 Å². The first-order chi connectivity index (χ1) is 14.8. The van der Waals surface area contributed by atoms with Crippen LogP contribution >= 0.6 is 0 Å². The molecule has 0 aromatic heterocycles. The molecule has 1 atom stereocenters. The van der Waals surface area contributed by atoms with Gasteiger partial charge in [-0.05, 0) is 47.7 Å². The number of amides is 1. The molecule has 0 aliphatic carbocycles. The number of benzene rings is 2. The van der Waals surface area contributed by atoms with E-state index in [9.17, 15) is 14.7 Å². The standard InChI is InChI=1S/C25H29NO5/c1-16(2)14-21(27)22-23(18-6-5-7-20(15-18)31-4)26(25(29)24(22)28)13-12-17-8-10-19(30-3)11-9-17/h5-11,15-16,23,28H,12-14H2,1-4H3. The lowest BCUT2D eigenvalue weighted by Gasteiger charge is -2.27. The summed E-state index contributed by atoms with van der Waals surface area (Å²) in [6, 6.07) is 14.3. The molecule has 0 radical (unpaired) electrons. The number of methoxy groups -OCH3 is 2. The second-order valence-electron chi connectivity index (χ2n) is 8.06. The molecule has 1 aliphatic rings. The SMILES string of the molecule is COc1ccc(CCN2C(=O)C(O)=C(C(=O)CC(C)C)C2c2cccc(OC)c2)cc1. The molecule has 1 heterocycles. The summed E-state index contributed by atoms with van der Waals surface area (Å²) >= 11 is 0. The second kappa shape index (κ2) is 9.69. The highest BCUT2D eigenvalue weighted by atomic mass is 16.5. The first-order valence-electron chi connectivity index (χ1n) is 10.4. The number of Topliss-reactive ketones (excluding diaryl/α,β-unsaturated/α-hetero) is 1. The second-order valence-corrected chi connectivity index (χ2v) is 8.06. The molecule has 2 aromatic carbocycles. The van der Waals surface area contributed by atoms with Gasteiger partial charge in [0.25, 0.3) is 5.91 Å². The molecule has 2 aromatic rings. The van der Waals surface area contributed by atoms with Crippen molar-refractivity contribution in [3.8, 4) is 11.5 Å². The van der Waals surface area contributed by atoms with E-state index >= 15 is 0 Å². The zero-order chi connectivity index (χ0) is 22.5. The van der Waals surface area contributed by atoms with E-state index in [0.717, 1.165) is 16.9 Å². The predicted molar refractivity (Wildman–Crippen MR) is 118 cm³/mol. The fraction of sp³-hybridized carbons (Fsp3) is 0.360. The quantitative estimate of drug-likeness (QED) is 0.652. The van der Waals surface area contributed by atoms with Crippen LogP contribution in [0.1, 0.15) is 37.4 Å². The Labute approximate surface area is 183 Å². The van der Waals surface area contributed by atoms with Crippen molar-refractivity contribution in [2.24, 2.45) is 5.92 Å². The van der Waals surface area contributed by atoms with Gasteiger partial charge in [0.05, 0.1) is 25.8 Å². The van der Waals surface area contributed by atoms with Crippen molar-refractivity contribution >= 4 is 11.7 Å². The Morgan fingerprint density at radius 2 is 1.74 bits per heavy atom. The largest absolute Gasteiger partial charge is 0.503 e. The Kier molecular flexibility index (Phi) is 7.00. The molecule has 0 saturated carbocycles. The molecule has 3 rings (SSSR count). The van der Waals surface area contributed by atoms with E-state index in [1.54, 1.807) is 31.3 Å². The van der Waals surface area contributed by atoms with Crippen molar-refractivity contribution in [3.05, 3.63) is 71.0 Å². The molecule has 0 bridgehead atoms. The third-order valence-electron chi connectivity index (χ3n) is 5.41. The van der Waals surface area contributed by atoms with Crippen molar-refractivity contribution in [2.75, 3.05) is 20.8 Å². The summed E-state index contributed by atoms with van der Waals surface area (Å²) in [5.74, 6) is 0.322. The van der Waals surface area contributed by atoms with Crippen LogP contribution in [-0.2, 0) is 16.0 Å². The van der Waals surface area contributed by atoms with E-state index in [2.05, 4.69) is 0 Å². The average Bonchev–Trinajstić information content (AvgIpc) is 3.02. The van der Waals surface area contributed by atoms with Gasteiger partial charge in [0.2, 0.25) is 0 Å². The van der Waals surface area contributed by atoms with Crippen LogP contribution in [0, 0.1) is 5.92 Å². The van der Waals surface area contributed by atoms with Gasteiger partial charge in [0.1, 0.15) is 11.5 Å². The van der Waals surface area contributed by atoms with Crippen LogP contribution in [0.25, 0.3) is 0 Å². The molecule has 0 fully saturated rings. The summed E-state index contributed by atoms with van der Waals surface area (Å²) in [5.41, 5.74) is 1.93. The van der Waals surface area contributed by atoms with Crippen molar-refractivity contribution < 1.29 is 24.2 Å². The number of carbonyl (C=O) groups is 2. The van der Waals surface area contributed by atoms with E-state index in [-0.39, 0.29) is 23.7 Å². The van der Waals surface area contributed by atoms with Crippen molar-refractivity contribution in [2.45, 2.75) is 32.7 Å². The first-order valence-corrected chi connectivity index (χ1v) is 10.4. The average molecular weight is 424 g/mol. The van der Waals surface area contributed by atoms with Crippen molar-refractivity contribution in [3.63, 3.8) is 0 Å². The maximum Gasteiger partial charge on any atom is 0.290 e. The van der Waals surface area contributed by atoms with Crippen LogP contribution in [0.3, 0.4) is 0 Å². The van der Waals surface area contributed by atoms with Gasteiger partial charge in [-0.15, -0.1) is 0 Å². The molecule has 31 heavy (non-hydrogen) atoms. The summed E-state index contributed by atoms with van der Waals surface area (Å²) in [6.07, 6.45) is 0.842. The normalized spacial score (nSPS) is 16.2. The Morgan fingerprint density at radius 1 is 1.06 bits per heavy atom. The lowest BCUT2D eigenvalue weighted by molar-refractivity contribution is -0.129. The molecule has 6 nitrogen and oxygen atoms in total. The Bertz CT molecular complexity index is 978. The predicted octanol–water partition coefficient (Wildman–Crippen LogP) is 4.26. The number of aliphatic hydroxyl groups is 1. The highest BCUT2D eigenvalue weighted by Crippen LogP contribution is 2.39. The summed E-state index contributed by atoms with van der Waals surface area (Å²) in [4.78, 5) is 27.6. The van der Waals surface area contributed by atoms with Gasteiger partial charge in [0, 0.05) is 13.0 Å². The van der Waals surface area contributed by atoms with E-state index in [4.69, 9.17) is 9.47 Å². The monoisotopic (exact) mass is 423 g/mol. The maximum atomic E-state index is 13.0. The fourth-order valence-corrected chi connectivity index (χ4v) is 3.85. The van der Waals surface area contributed by atoms with Gasteiger partial charge in [-0.3, -0.25) is 9.59 Å². The van der Waals surface area contributed by atoms with Gasteiger partial charge < -0.3 is 19.5 Å².